The number of rotatable bonds is 0. The van der Waals surface area contributed by atoms with E-state index in [1.807, 2.05) is 20.8 Å². The van der Waals surface area contributed by atoms with Gasteiger partial charge >= 0.3 is 6.09 Å². The van der Waals surface area contributed by atoms with Gasteiger partial charge in [-0.3, -0.25) is 9.89 Å². The summed E-state index contributed by atoms with van der Waals surface area (Å²) in [6.07, 6.45) is 1.11. The van der Waals surface area contributed by atoms with Crippen LogP contribution in [0.3, 0.4) is 0 Å². The zero-order valence-electron chi connectivity index (χ0n) is 15.7. The maximum atomic E-state index is 13.2. The summed E-state index contributed by atoms with van der Waals surface area (Å²) in [6.45, 7) is 8.78. The highest BCUT2D eigenvalue weighted by molar-refractivity contribution is 9.10. The van der Waals surface area contributed by atoms with Crippen LogP contribution in [0.1, 0.15) is 57.0 Å². The van der Waals surface area contributed by atoms with Crippen LogP contribution in [0.2, 0.25) is 0 Å². The number of amides is 1. The highest BCUT2D eigenvalue weighted by Gasteiger charge is 2.49. The van der Waals surface area contributed by atoms with Crippen LogP contribution < -0.4 is 5.56 Å². The van der Waals surface area contributed by atoms with Gasteiger partial charge in [0.25, 0.3) is 11.3 Å². The molecule has 0 radical (unpaired) electrons. The van der Waals surface area contributed by atoms with Crippen LogP contribution in [0, 0.1) is 0 Å². The molecular formula is C17H22BrN5O3S. The summed E-state index contributed by atoms with van der Waals surface area (Å²) in [6, 6.07) is 0. The lowest BCUT2D eigenvalue weighted by Gasteiger charge is -2.39. The first-order chi connectivity index (χ1) is 12.6. The summed E-state index contributed by atoms with van der Waals surface area (Å²) in [5, 5.41) is 3.01. The molecule has 27 heavy (non-hydrogen) atoms. The lowest BCUT2D eigenvalue weighted by Crippen LogP contribution is -2.46. The number of thioether (sulfide) groups is 1. The Kier molecular flexibility index (Phi) is 4.34. The Labute approximate surface area is 169 Å². The normalized spacial score (nSPS) is 21.7. The van der Waals surface area contributed by atoms with Crippen molar-refractivity contribution in [1.29, 1.82) is 0 Å². The fraction of sp³-hybridized carbons (Fsp3) is 0.647. The average Bonchev–Trinajstić information content (AvgIpc) is 3.05. The summed E-state index contributed by atoms with van der Waals surface area (Å²) in [5.74, 6) is 0.376. The first kappa shape index (κ1) is 18.8. The minimum absolute atomic E-state index is 0.101. The second-order valence-electron chi connectivity index (χ2n) is 8.05. The van der Waals surface area contributed by atoms with Gasteiger partial charge in [0, 0.05) is 18.3 Å². The Morgan fingerprint density at radius 1 is 1.33 bits per heavy atom. The monoisotopic (exact) mass is 455 g/mol. The number of aromatic nitrogens is 4. The van der Waals surface area contributed by atoms with E-state index in [2.05, 4.69) is 37.9 Å². The highest BCUT2D eigenvalue weighted by atomic mass is 79.9. The van der Waals surface area contributed by atoms with Crippen molar-refractivity contribution in [3.63, 3.8) is 0 Å². The third kappa shape index (κ3) is 3.16. The van der Waals surface area contributed by atoms with Crippen molar-refractivity contribution in [2.45, 2.75) is 56.1 Å². The minimum Gasteiger partial charge on any atom is -0.444 e. The SMILES string of the molecule is CC1SC2(CCN(C(=O)OC(C)(C)C)CC2)c2c1nc1nc(Br)[nH]n1c2=O. The number of hydrogen-bond donors (Lipinski definition) is 1. The number of aromatic amines is 1. The molecule has 0 bridgehead atoms. The molecule has 1 saturated heterocycles. The van der Waals surface area contributed by atoms with Crippen molar-refractivity contribution in [2.24, 2.45) is 0 Å². The lowest BCUT2D eigenvalue weighted by atomic mass is 9.88. The third-order valence-electron chi connectivity index (χ3n) is 4.96. The predicted molar refractivity (Wildman–Crippen MR) is 106 cm³/mol. The average molecular weight is 456 g/mol. The Hall–Kier alpha value is -1.55. The number of H-pyrrole nitrogens is 1. The molecule has 1 N–H and O–H groups in total. The molecule has 1 fully saturated rings. The molecule has 2 aromatic rings. The molecule has 0 saturated carbocycles. The maximum absolute atomic E-state index is 13.2. The van der Waals surface area contributed by atoms with Crippen LogP contribution in [0.25, 0.3) is 5.78 Å². The zero-order valence-corrected chi connectivity index (χ0v) is 18.1. The van der Waals surface area contributed by atoms with Gasteiger partial charge in [-0.15, -0.1) is 11.8 Å². The van der Waals surface area contributed by atoms with Crippen molar-refractivity contribution >= 4 is 39.6 Å². The van der Waals surface area contributed by atoms with Gasteiger partial charge in [0.1, 0.15) is 5.60 Å². The van der Waals surface area contributed by atoms with Gasteiger partial charge in [-0.2, -0.15) is 9.50 Å². The zero-order chi connectivity index (χ0) is 19.6. The third-order valence-corrected chi connectivity index (χ3v) is 6.96. The molecular weight excluding hydrogens is 434 g/mol. The number of piperidine rings is 1. The van der Waals surface area contributed by atoms with E-state index in [0.29, 0.717) is 36.4 Å². The fourth-order valence-corrected chi connectivity index (χ4v) is 5.85. The second-order valence-corrected chi connectivity index (χ2v) is 10.5. The van der Waals surface area contributed by atoms with Gasteiger partial charge in [-0.1, -0.05) is 0 Å². The summed E-state index contributed by atoms with van der Waals surface area (Å²) >= 11 is 5.04. The number of fused-ring (bicyclic) bond motifs is 3. The largest absolute Gasteiger partial charge is 0.444 e. The number of halogens is 1. The molecule has 146 valence electrons. The molecule has 8 nitrogen and oxygen atoms in total. The summed E-state index contributed by atoms with van der Waals surface area (Å²) in [7, 11) is 0. The number of nitrogens with zero attached hydrogens (tertiary/aromatic N) is 4. The van der Waals surface area contributed by atoms with Gasteiger partial charge in [-0.25, -0.2) is 9.78 Å². The molecule has 4 rings (SSSR count). The molecule has 1 unspecified atom stereocenters. The molecule has 2 aromatic heterocycles. The number of ether oxygens (including phenoxy) is 1. The summed E-state index contributed by atoms with van der Waals surface area (Å²) in [4.78, 5) is 36.1. The molecule has 1 spiro atoms. The molecule has 4 heterocycles. The van der Waals surface area contributed by atoms with Crippen LogP contribution in [0.5, 0.6) is 0 Å². The predicted octanol–water partition coefficient (Wildman–Crippen LogP) is 3.21. The van der Waals surface area contributed by atoms with Gasteiger partial charge in [0.2, 0.25) is 0 Å². The Bertz CT molecular complexity index is 971. The van der Waals surface area contributed by atoms with Crippen LogP contribution in [0.4, 0.5) is 4.79 Å². The first-order valence-corrected chi connectivity index (χ1v) is 10.6. The lowest BCUT2D eigenvalue weighted by molar-refractivity contribution is 0.0196. The van der Waals surface area contributed by atoms with Gasteiger partial charge in [-0.05, 0) is 56.5 Å². The molecule has 2 aliphatic heterocycles. The number of likely N-dealkylation sites (tertiary alicyclic amines) is 1. The number of nitrogens with one attached hydrogen (secondary N) is 1. The molecule has 1 amide bonds. The molecule has 0 aromatic carbocycles. The second kappa shape index (κ2) is 6.23. The van der Waals surface area contributed by atoms with Crippen LogP contribution >= 0.6 is 27.7 Å². The van der Waals surface area contributed by atoms with E-state index in [1.54, 1.807) is 16.7 Å². The van der Waals surface area contributed by atoms with Crippen molar-refractivity contribution in [2.75, 3.05) is 13.1 Å². The number of carbonyl (C=O) groups excluding carboxylic acids is 1. The quantitative estimate of drug-likeness (QED) is 0.655. The van der Waals surface area contributed by atoms with E-state index < -0.39 is 5.60 Å². The van der Waals surface area contributed by atoms with Crippen molar-refractivity contribution in [3.8, 4) is 0 Å². The number of carbonyl (C=O) groups is 1. The van der Waals surface area contributed by atoms with Crippen LogP contribution in [0.15, 0.2) is 9.53 Å². The van der Waals surface area contributed by atoms with Crippen LogP contribution in [-0.4, -0.2) is 49.3 Å². The Morgan fingerprint density at radius 2 is 2.00 bits per heavy atom. The van der Waals surface area contributed by atoms with E-state index in [4.69, 9.17) is 4.74 Å². The molecule has 1 atom stereocenters. The van der Waals surface area contributed by atoms with Gasteiger partial charge in [0.05, 0.1) is 16.0 Å². The molecule has 0 aliphatic carbocycles. The van der Waals surface area contributed by atoms with Crippen molar-refractivity contribution in [1.82, 2.24) is 24.5 Å². The van der Waals surface area contributed by atoms with E-state index in [1.165, 1.54) is 4.52 Å². The van der Waals surface area contributed by atoms with Crippen molar-refractivity contribution in [3.05, 3.63) is 26.3 Å². The van der Waals surface area contributed by atoms with E-state index in [-0.39, 0.29) is 21.6 Å². The standard InChI is InChI=1S/C17H22BrN5O3S/c1-9-11-10(12(24)23-14(19-11)20-13(18)21-23)17(27-9)5-7-22(8-6-17)15(25)26-16(2,3)4/h9H,5-8H2,1-4H3,(H,19,20,21). The van der Waals surface area contributed by atoms with E-state index in [9.17, 15) is 9.59 Å². The molecule has 10 heteroatoms. The van der Waals surface area contributed by atoms with Crippen LogP contribution in [-0.2, 0) is 9.48 Å². The Morgan fingerprint density at radius 3 is 2.63 bits per heavy atom. The highest BCUT2D eigenvalue weighted by Crippen LogP contribution is 2.57. The summed E-state index contributed by atoms with van der Waals surface area (Å²) in [5.41, 5.74) is 0.945. The van der Waals surface area contributed by atoms with E-state index >= 15 is 0 Å². The van der Waals surface area contributed by atoms with E-state index in [0.717, 1.165) is 11.3 Å². The molecule has 2 aliphatic rings. The van der Waals surface area contributed by atoms with Gasteiger partial charge < -0.3 is 9.64 Å². The topological polar surface area (TPSA) is 92.6 Å². The van der Waals surface area contributed by atoms with Gasteiger partial charge in [0.15, 0.2) is 4.73 Å². The smallest absolute Gasteiger partial charge is 0.410 e. The maximum Gasteiger partial charge on any atom is 0.410 e. The minimum atomic E-state index is -0.516. The Balaban J connectivity index is 1.65. The number of hydrogen-bond acceptors (Lipinski definition) is 6. The van der Waals surface area contributed by atoms with Crippen molar-refractivity contribution < 1.29 is 9.53 Å². The first-order valence-electron chi connectivity index (χ1n) is 8.94. The summed E-state index contributed by atoms with van der Waals surface area (Å²) < 4.78 is 7.03. The fourth-order valence-electron chi connectivity index (χ4n) is 3.83.